The van der Waals surface area contributed by atoms with Crippen LogP contribution >= 0.6 is 0 Å². The maximum absolute atomic E-state index is 2.72. The summed E-state index contributed by atoms with van der Waals surface area (Å²) in [6.07, 6.45) is 15.2. The highest BCUT2D eigenvalue weighted by atomic mass is 14.6. The third-order valence-corrected chi connectivity index (χ3v) is 9.89. The maximum atomic E-state index is 2.72. The van der Waals surface area contributed by atoms with Crippen LogP contribution in [0.15, 0.2) is 0 Å². The molecule has 0 spiro atoms. The molecule has 0 aliphatic heterocycles. The summed E-state index contributed by atoms with van der Waals surface area (Å²) in [7, 11) is 0. The predicted octanol–water partition coefficient (Wildman–Crippen LogP) is 7.08. The van der Waals surface area contributed by atoms with Crippen molar-refractivity contribution < 1.29 is 0 Å². The predicted molar refractivity (Wildman–Crippen MR) is 99.3 cm³/mol. The minimum atomic E-state index is 0.612. The fraction of sp³-hybridized carbons (Fsp3) is 1.00. The summed E-state index contributed by atoms with van der Waals surface area (Å²) in [4.78, 5) is 0. The van der Waals surface area contributed by atoms with Gasteiger partial charge in [0, 0.05) is 0 Å². The molecule has 7 atom stereocenters. The summed E-state index contributed by atoms with van der Waals surface area (Å²) in [5.74, 6) is 5.27. The third kappa shape index (κ3) is 2.29. The van der Waals surface area contributed by atoms with E-state index in [0.717, 1.165) is 29.6 Å². The molecule has 0 N–H and O–H groups in total. The molecule has 4 rings (SSSR count). The first kappa shape index (κ1) is 16.5. The van der Waals surface area contributed by atoms with Crippen molar-refractivity contribution in [3.63, 3.8) is 0 Å². The normalized spacial score (nSPS) is 54.9. The smallest absolute Gasteiger partial charge is 0.0266 e. The highest BCUT2D eigenvalue weighted by Crippen LogP contribution is 2.68. The van der Waals surface area contributed by atoms with Crippen molar-refractivity contribution in [3.8, 4) is 0 Å². The number of fused-ring (bicyclic) bond motifs is 5. The van der Waals surface area contributed by atoms with E-state index in [1.165, 1.54) is 32.1 Å². The van der Waals surface area contributed by atoms with Gasteiger partial charge in [-0.25, -0.2) is 0 Å². The molecule has 23 heavy (non-hydrogen) atoms. The zero-order valence-corrected chi connectivity index (χ0v) is 16.5. The van der Waals surface area contributed by atoms with Crippen LogP contribution < -0.4 is 0 Å². The van der Waals surface area contributed by atoms with Crippen LogP contribution in [0, 0.1) is 45.8 Å². The topological polar surface area (TPSA) is 0 Å². The van der Waals surface area contributed by atoms with E-state index in [2.05, 4.69) is 34.6 Å². The monoisotopic (exact) mass is 316 g/mol. The van der Waals surface area contributed by atoms with E-state index in [-0.39, 0.29) is 0 Å². The third-order valence-electron chi connectivity index (χ3n) is 9.89. The highest BCUT2D eigenvalue weighted by molar-refractivity contribution is 5.09. The number of hydrogen-bond acceptors (Lipinski definition) is 0. The molecule has 4 aliphatic rings. The summed E-state index contributed by atoms with van der Waals surface area (Å²) in [6.45, 7) is 12.9. The number of hydrogen-bond donors (Lipinski definition) is 0. The second-order valence-electron chi connectivity index (χ2n) is 11.3. The summed E-state index contributed by atoms with van der Waals surface area (Å²) in [5, 5.41) is 0. The number of rotatable bonds is 1. The largest absolute Gasteiger partial charge is 0.0651 e. The molecular weight excluding hydrogens is 276 g/mol. The Bertz CT molecular complexity index is 463. The Kier molecular flexibility index (Phi) is 3.76. The molecule has 0 saturated heterocycles. The second-order valence-corrected chi connectivity index (χ2v) is 11.3. The Morgan fingerprint density at radius 3 is 2.22 bits per heavy atom. The lowest BCUT2D eigenvalue weighted by Gasteiger charge is -2.62. The van der Waals surface area contributed by atoms with Gasteiger partial charge in [-0.15, -0.1) is 0 Å². The molecule has 0 amide bonds. The molecule has 0 heterocycles. The van der Waals surface area contributed by atoms with Gasteiger partial charge in [-0.3, -0.25) is 0 Å². The molecule has 132 valence electrons. The fourth-order valence-corrected chi connectivity index (χ4v) is 8.42. The van der Waals surface area contributed by atoms with E-state index in [9.17, 15) is 0 Å². The first-order chi connectivity index (χ1) is 10.8. The van der Waals surface area contributed by atoms with E-state index in [0.29, 0.717) is 16.2 Å². The van der Waals surface area contributed by atoms with Crippen molar-refractivity contribution in [1.29, 1.82) is 0 Å². The minimum Gasteiger partial charge on any atom is -0.0651 e. The Balaban J connectivity index is 1.60. The zero-order valence-electron chi connectivity index (χ0n) is 16.5. The van der Waals surface area contributed by atoms with Crippen molar-refractivity contribution in [1.82, 2.24) is 0 Å². The van der Waals surface area contributed by atoms with Crippen molar-refractivity contribution in [2.45, 2.75) is 98.8 Å². The second kappa shape index (κ2) is 5.25. The Morgan fingerprint density at radius 2 is 1.48 bits per heavy atom. The lowest BCUT2D eigenvalue weighted by atomic mass is 9.43. The lowest BCUT2D eigenvalue weighted by molar-refractivity contribution is -0.126. The van der Waals surface area contributed by atoms with E-state index in [1.54, 1.807) is 32.1 Å². The first-order valence-electron chi connectivity index (χ1n) is 10.8. The van der Waals surface area contributed by atoms with Crippen molar-refractivity contribution in [3.05, 3.63) is 0 Å². The van der Waals surface area contributed by atoms with E-state index < -0.39 is 0 Å². The van der Waals surface area contributed by atoms with Crippen LogP contribution in [0.2, 0.25) is 0 Å². The standard InChI is InChI=1S/C23H40/c1-6-16-8-10-19-18-9-7-17-15-21(2,3)13-14-23(17,5)20(18)11-12-22(16,19)4/h16-20H,6-15H2,1-5H3. The van der Waals surface area contributed by atoms with Gasteiger partial charge in [0.2, 0.25) is 0 Å². The minimum absolute atomic E-state index is 0.612. The average Bonchev–Trinajstić information content (AvgIpc) is 2.84. The van der Waals surface area contributed by atoms with Crippen LogP contribution in [-0.4, -0.2) is 0 Å². The van der Waals surface area contributed by atoms with E-state index in [4.69, 9.17) is 0 Å². The van der Waals surface area contributed by atoms with Crippen LogP contribution in [0.1, 0.15) is 98.8 Å². The summed E-state index contributed by atoms with van der Waals surface area (Å²) in [6, 6.07) is 0. The molecule has 4 fully saturated rings. The molecule has 4 saturated carbocycles. The SMILES string of the molecule is CCC1CCC2C3CCC4CC(C)(C)CCC4(C)C3CCC12C. The molecule has 7 unspecified atom stereocenters. The van der Waals surface area contributed by atoms with Gasteiger partial charge in [0.1, 0.15) is 0 Å². The van der Waals surface area contributed by atoms with Crippen LogP contribution in [0.4, 0.5) is 0 Å². The fourth-order valence-electron chi connectivity index (χ4n) is 8.42. The maximum Gasteiger partial charge on any atom is -0.0266 e. The molecule has 0 aromatic carbocycles. The summed E-state index contributed by atoms with van der Waals surface area (Å²) >= 11 is 0. The zero-order chi connectivity index (χ0) is 16.5. The van der Waals surface area contributed by atoms with Gasteiger partial charge in [-0.05, 0) is 104 Å². The van der Waals surface area contributed by atoms with E-state index in [1.807, 2.05) is 0 Å². The lowest BCUT2D eigenvalue weighted by Crippen LogP contribution is -2.54. The Labute approximate surface area is 145 Å². The molecule has 4 aliphatic carbocycles. The van der Waals surface area contributed by atoms with Crippen molar-refractivity contribution in [2.75, 3.05) is 0 Å². The van der Waals surface area contributed by atoms with Gasteiger partial charge in [0.15, 0.2) is 0 Å². The molecule has 0 bridgehead atoms. The van der Waals surface area contributed by atoms with Gasteiger partial charge in [-0.2, -0.15) is 0 Å². The molecule has 0 heteroatoms. The van der Waals surface area contributed by atoms with Crippen LogP contribution in [-0.2, 0) is 0 Å². The Morgan fingerprint density at radius 1 is 0.739 bits per heavy atom. The quantitative estimate of drug-likeness (QED) is 0.485. The molecule has 0 nitrogen and oxygen atoms in total. The summed E-state index contributed by atoms with van der Waals surface area (Å²) < 4.78 is 0. The van der Waals surface area contributed by atoms with Gasteiger partial charge in [0.25, 0.3) is 0 Å². The van der Waals surface area contributed by atoms with Crippen LogP contribution in [0.5, 0.6) is 0 Å². The van der Waals surface area contributed by atoms with Crippen LogP contribution in [0.3, 0.4) is 0 Å². The van der Waals surface area contributed by atoms with Gasteiger partial charge in [-0.1, -0.05) is 41.0 Å². The molecular formula is C23H40. The van der Waals surface area contributed by atoms with Crippen molar-refractivity contribution in [2.24, 2.45) is 45.8 Å². The molecule has 0 radical (unpaired) electrons. The molecule has 0 aromatic rings. The summed E-state index contributed by atoms with van der Waals surface area (Å²) in [5.41, 5.74) is 2.00. The van der Waals surface area contributed by atoms with E-state index >= 15 is 0 Å². The Hall–Kier alpha value is 0. The highest BCUT2D eigenvalue weighted by Gasteiger charge is 2.60. The average molecular weight is 317 g/mol. The first-order valence-corrected chi connectivity index (χ1v) is 10.8. The molecule has 0 aromatic heterocycles. The van der Waals surface area contributed by atoms with Crippen molar-refractivity contribution >= 4 is 0 Å². The van der Waals surface area contributed by atoms with Gasteiger partial charge >= 0.3 is 0 Å². The van der Waals surface area contributed by atoms with Crippen LogP contribution in [0.25, 0.3) is 0 Å². The van der Waals surface area contributed by atoms with Gasteiger partial charge < -0.3 is 0 Å². The van der Waals surface area contributed by atoms with Gasteiger partial charge in [0.05, 0.1) is 0 Å².